The Balaban J connectivity index is 5.64. The smallest absolute Gasteiger partial charge is 0.322 e. The van der Waals surface area contributed by atoms with Crippen molar-refractivity contribution < 1.29 is 68.7 Å². The second-order valence-corrected chi connectivity index (χ2v) is 10.4. The summed E-state index contributed by atoms with van der Waals surface area (Å²) in [6.07, 6.45) is -1.84. The van der Waals surface area contributed by atoms with Crippen LogP contribution in [0.15, 0.2) is 4.99 Å². The number of carbonyl (C=O) groups excluding carboxylic acids is 6. The normalized spacial score (nSPS) is 13.5. The van der Waals surface area contributed by atoms with Gasteiger partial charge in [-0.15, -0.1) is 0 Å². The number of aliphatic imine (C=N–C) groups is 1. The van der Waals surface area contributed by atoms with Crippen molar-refractivity contribution in [3.8, 4) is 0 Å². The molecular formula is C26H44N10O14. The van der Waals surface area contributed by atoms with Gasteiger partial charge in [-0.25, -0.2) is 0 Å². The highest BCUT2D eigenvalue weighted by molar-refractivity contribution is 5.96. The van der Waals surface area contributed by atoms with Crippen LogP contribution in [0.2, 0.25) is 0 Å². The molecule has 0 saturated carbocycles. The van der Waals surface area contributed by atoms with E-state index in [0.29, 0.717) is 0 Å². The van der Waals surface area contributed by atoms with Crippen LogP contribution in [0.1, 0.15) is 38.5 Å². The second-order valence-electron chi connectivity index (χ2n) is 10.4. The number of nitrogens with zero attached hydrogens (tertiary/aromatic N) is 1. The maximum Gasteiger partial charge on any atom is 0.322 e. The van der Waals surface area contributed by atoms with Gasteiger partial charge < -0.3 is 74.6 Å². The van der Waals surface area contributed by atoms with Crippen LogP contribution in [0.4, 0.5) is 0 Å². The van der Waals surface area contributed by atoms with Gasteiger partial charge in [0.1, 0.15) is 30.7 Å². The van der Waals surface area contributed by atoms with E-state index in [1.54, 1.807) is 0 Å². The minimum absolute atomic E-state index is 0.00811. The van der Waals surface area contributed by atoms with Crippen molar-refractivity contribution in [3.05, 3.63) is 0 Å². The van der Waals surface area contributed by atoms with Gasteiger partial charge in [0.2, 0.25) is 35.4 Å². The highest BCUT2D eigenvalue weighted by atomic mass is 16.4. The molecule has 17 N–H and O–H groups in total. The monoisotopic (exact) mass is 720 g/mol. The maximum atomic E-state index is 13.1. The number of aliphatic hydroxyl groups excluding tert-OH is 2. The van der Waals surface area contributed by atoms with E-state index in [-0.39, 0.29) is 31.8 Å². The van der Waals surface area contributed by atoms with Crippen LogP contribution in [0, 0.1) is 0 Å². The van der Waals surface area contributed by atoms with Gasteiger partial charge in [-0.2, -0.15) is 0 Å². The molecule has 0 fully saturated rings. The number of rotatable bonds is 25. The molecule has 24 nitrogen and oxygen atoms in total. The first-order valence-corrected chi connectivity index (χ1v) is 14.9. The fourth-order valence-electron chi connectivity index (χ4n) is 3.75. The lowest BCUT2D eigenvalue weighted by Crippen LogP contribution is -2.59. The first kappa shape index (κ1) is 44.4. The van der Waals surface area contributed by atoms with Crippen LogP contribution < -0.4 is 49.1 Å². The highest BCUT2D eigenvalue weighted by Gasteiger charge is 2.30. The molecule has 0 heterocycles. The van der Waals surface area contributed by atoms with Crippen molar-refractivity contribution in [1.82, 2.24) is 31.9 Å². The summed E-state index contributed by atoms with van der Waals surface area (Å²) < 4.78 is 0. The van der Waals surface area contributed by atoms with E-state index in [1.165, 1.54) is 0 Å². The van der Waals surface area contributed by atoms with Gasteiger partial charge in [-0.05, 0) is 25.7 Å². The summed E-state index contributed by atoms with van der Waals surface area (Å²) in [5, 5.41) is 58.4. The third-order valence-electron chi connectivity index (χ3n) is 6.35. The van der Waals surface area contributed by atoms with E-state index < -0.39 is 129 Å². The van der Waals surface area contributed by atoms with Gasteiger partial charge in [0.05, 0.1) is 25.8 Å². The molecule has 0 aliphatic rings. The Morgan fingerprint density at radius 1 is 0.560 bits per heavy atom. The first-order valence-electron chi connectivity index (χ1n) is 14.9. The third-order valence-corrected chi connectivity index (χ3v) is 6.35. The number of carboxylic acid groups (broad SMARTS) is 3. The minimum atomic E-state index is -1.74. The van der Waals surface area contributed by atoms with Crippen molar-refractivity contribution >= 4 is 59.3 Å². The zero-order valence-corrected chi connectivity index (χ0v) is 26.8. The van der Waals surface area contributed by atoms with Gasteiger partial charge in [0.15, 0.2) is 5.96 Å². The molecule has 0 bridgehead atoms. The molecule has 0 saturated heterocycles. The van der Waals surface area contributed by atoms with Crippen LogP contribution >= 0.6 is 0 Å². The molecule has 282 valence electrons. The van der Waals surface area contributed by atoms with Crippen molar-refractivity contribution in [3.63, 3.8) is 0 Å². The maximum absolute atomic E-state index is 13.1. The number of carbonyl (C=O) groups is 9. The van der Waals surface area contributed by atoms with E-state index in [0.717, 1.165) is 0 Å². The van der Waals surface area contributed by atoms with Crippen LogP contribution in [-0.2, 0) is 43.2 Å². The number of guanidine groups is 1. The standard InChI is InChI=1S/C26H44N10O14/c27-12(3-5-18(40)41)21(46)34-14(4-6-19(42)43)22(47)31-8-17(39)33-13(2-1-7-30-26(28)29)24(49)36-16(11-38)25(50)35-15(10-37)23(48)32-9-20(44)45/h12-16,37-38H,1-11,27H2,(H,31,47)(H,32,48)(H,33,39)(H,34,46)(H,35,50)(H,36,49)(H,40,41)(H,42,43)(H,44,45)(H4,28,29,30). The third kappa shape index (κ3) is 19.3. The predicted molar refractivity (Wildman–Crippen MR) is 167 cm³/mol. The Bertz CT molecular complexity index is 1260. The van der Waals surface area contributed by atoms with Gasteiger partial charge in [0.25, 0.3) is 0 Å². The summed E-state index contributed by atoms with van der Waals surface area (Å²) in [5.41, 5.74) is 16.2. The lowest BCUT2D eigenvalue weighted by Gasteiger charge is -2.24. The fourth-order valence-corrected chi connectivity index (χ4v) is 3.75. The molecule has 0 aliphatic heterocycles. The molecule has 50 heavy (non-hydrogen) atoms. The predicted octanol–water partition coefficient (Wildman–Crippen LogP) is -7.66. The van der Waals surface area contributed by atoms with Crippen molar-refractivity contribution in [2.24, 2.45) is 22.2 Å². The molecule has 0 aromatic carbocycles. The van der Waals surface area contributed by atoms with Crippen molar-refractivity contribution in [2.45, 2.75) is 68.7 Å². The quantitative estimate of drug-likeness (QED) is 0.0236. The lowest BCUT2D eigenvalue weighted by atomic mass is 10.1. The summed E-state index contributed by atoms with van der Waals surface area (Å²) >= 11 is 0. The number of aliphatic carboxylic acids is 3. The molecule has 6 amide bonds. The summed E-state index contributed by atoms with van der Waals surface area (Å²) in [6.45, 7) is -3.65. The van der Waals surface area contributed by atoms with Crippen LogP contribution in [0.3, 0.4) is 0 Å². The van der Waals surface area contributed by atoms with E-state index >= 15 is 0 Å². The van der Waals surface area contributed by atoms with Gasteiger partial charge in [-0.3, -0.25) is 48.1 Å². The molecule has 0 radical (unpaired) electrons. The average molecular weight is 721 g/mol. The van der Waals surface area contributed by atoms with Crippen molar-refractivity contribution in [2.75, 3.05) is 32.8 Å². The Labute approximate surface area is 284 Å². The van der Waals surface area contributed by atoms with Crippen LogP contribution in [0.25, 0.3) is 0 Å². The number of hydrogen-bond donors (Lipinski definition) is 14. The van der Waals surface area contributed by atoms with E-state index in [4.69, 9.17) is 32.5 Å². The number of carboxylic acids is 3. The summed E-state index contributed by atoms with van der Waals surface area (Å²) in [4.78, 5) is 112. The van der Waals surface area contributed by atoms with E-state index in [9.17, 15) is 53.4 Å². The summed E-state index contributed by atoms with van der Waals surface area (Å²) in [6, 6.07) is -7.69. The summed E-state index contributed by atoms with van der Waals surface area (Å²) in [5.74, 6) is -10.5. The molecule has 0 rings (SSSR count). The molecule has 0 spiro atoms. The lowest BCUT2D eigenvalue weighted by molar-refractivity contribution is -0.139. The number of hydrogen-bond acceptors (Lipinski definition) is 13. The molecule has 5 atom stereocenters. The highest BCUT2D eigenvalue weighted by Crippen LogP contribution is 2.03. The largest absolute Gasteiger partial charge is 0.481 e. The molecule has 5 unspecified atom stereocenters. The number of amides is 6. The minimum Gasteiger partial charge on any atom is -0.481 e. The van der Waals surface area contributed by atoms with Gasteiger partial charge in [-0.1, -0.05) is 0 Å². The Morgan fingerprint density at radius 2 is 1.02 bits per heavy atom. The Kier molecular flexibility index (Phi) is 21.0. The zero-order chi connectivity index (χ0) is 38.4. The van der Waals surface area contributed by atoms with Crippen LogP contribution in [0.5, 0.6) is 0 Å². The fraction of sp³-hybridized carbons (Fsp3) is 0.615. The molecule has 24 heteroatoms. The number of nitrogens with two attached hydrogens (primary N) is 3. The first-order chi connectivity index (χ1) is 23.4. The molecule has 0 aliphatic carbocycles. The van der Waals surface area contributed by atoms with E-state index in [1.807, 2.05) is 10.6 Å². The SMILES string of the molecule is NC(N)=NCCCC(NC(=O)CNC(=O)C(CCC(=O)O)NC(=O)C(N)CCC(=O)O)C(=O)NC(CO)C(=O)NC(CO)C(=O)NCC(=O)O. The van der Waals surface area contributed by atoms with Gasteiger partial charge >= 0.3 is 17.9 Å². The Hall–Kier alpha value is -5.62. The zero-order valence-electron chi connectivity index (χ0n) is 26.8. The average Bonchev–Trinajstić information content (AvgIpc) is 3.05. The number of nitrogens with one attached hydrogen (secondary N) is 6. The second kappa shape index (κ2) is 23.7. The van der Waals surface area contributed by atoms with Crippen molar-refractivity contribution in [1.29, 1.82) is 0 Å². The molecule has 0 aromatic rings. The van der Waals surface area contributed by atoms with Gasteiger partial charge in [0, 0.05) is 19.4 Å². The topological polar surface area (TPSA) is 417 Å². The van der Waals surface area contributed by atoms with E-state index in [2.05, 4.69) is 26.3 Å². The molecule has 0 aromatic heterocycles. The summed E-state index contributed by atoms with van der Waals surface area (Å²) in [7, 11) is 0. The Morgan fingerprint density at radius 3 is 1.54 bits per heavy atom. The molecular weight excluding hydrogens is 676 g/mol. The van der Waals surface area contributed by atoms with Crippen LogP contribution in [-0.4, -0.2) is 148 Å². The number of aliphatic hydroxyl groups is 2.